The average molecular weight is 312 g/mol. The summed E-state index contributed by atoms with van der Waals surface area (Å²) in [7, 11) is 0. The Morgan fingerprint density at radius 3 is 2.75 bits per heavy atom. The fraction of sp³-hybridized carbons (Fsp3) is 0.333. The van der Waals surface area contributed by atoms with Crippen molar-refractivity contribution in [3.8, 4) is 0 Å². The third-order valence-corrected chi connectivity index (χ3v) is 4.05. The molecule has 1 aromatic carbocycles. The van der Waals surface area contributed by atoms with Gasteiger partial charge in [0.1, 0.15) is 0 Å². The molecule has 0 N–H and O–H groups in total. The van der Waals surface area contributed by atoms with Gasteiger partial charge in [0.25, 0.3) is 0 Å². The highest BCUT2D eigenvalue weighted by Gasteiger charge is 2.03. The Bertz CT molecular complexity index is 250. The molecular formula is C9H9Br2Cl. The third kappa shape index (κ3) is 3.46. The summed E-state index contributed by atoms with van der Waals surface area (Å²) in [6, 6.07) is 7.95. The van der Waals surface area contributed by atoms with Crippen molar-refractivity contribution in [1.82, 2.24) is 0 Å². The molecule has 12 heavy (non-hydrogen) atoms. The lowest BCUT2D eigenvalue weighted by Gasteiger charge is -2.05. The summed E-state index contributed by atoms with van der Waals surface area (Å²) < 4.78 is 0. The predicted octanol–water partition coefficient (Wildman–Crippen LogP) is 4.04. The highest BCUT2D eigenvalue weighted by atomic mass is 79.9. The number of alkyl halides is 2. The summed E-state index contributed by atoms with van der Waals surface area (Å²) in [5, 5.41) is 1.77. The first-order valence-electron chi connectivity index (χ1n) is 3.67. The number of rotatable bonds is 3. The van der Waals surface area contributed by atoms with Crippen LogP contribution in [0.5, 0.6) is 0 Å². The minimum Gasteiger partial charge on any atom is -0.0916 e. The van der Waals surface area contributed by atoms with Crippen LogP contribution in [0.4, 0.5) is 0 Å². The van der Waals surface area contributed by atoms with E-state index in [1.54, 1.807) is 0 Å². The molecule has 1 unspecified atom stereocenters. The van der Waals surface area contributed by atoms with Gasteiger partial charge in [-0.05, 0) is 24.1 Å². The molecule has 0 amide bonds. The summed E-state index contributed by atoms with van der Waals surface area (Å²) in [6.07, 6.45) is 1.01. The van der Waals surface area contributed by atoms with E-state index in [-0.39, 0.29) is 0 Å². The van der Waals surface area contributed by atoms with Crippen molar-refractivity contribution in [1.29, 1.82) is 0 Å². The normalized spacial score (nSPS) is 12.9. The maximum atomic E-state index is 5.84. The largest absolute Gasteiger partial charge is 0.0916 e. The summed E-state index contributed by atoms with van der Waals surface area (Å²) >= 11 is 12.8. The Kier molecular flexibility index (Phi) is 4.62. The van der Waals surface area contributed by atoms with Crippen LogP contribution in [0.25, 0.3) is 0 Å². The molecule has 0 bridgehead atoms. The molecular weight excluding hydrogens is 303 g/mol. The highest BCUT2D eigenvalue weighted by Crippen LogP contribution is 2.16. The van der Waals surface area contributed by atoms with Gasteiger partial charge in [0.05, 0.1) is 0 Å². The van der Waals surface area contributed by atoms with Crippen LogP contribution in [-0.2, 0) is 6.42 Å². The first-order valence-corrected chi connectivity index (χ1v) is 6.08. The molecule has 1 rings (SSSR count). The van der Waals surface area contributed by atoms with Crippen molar-refractivity contribution in [2.45, 2.75) is 11.2 Å². The fourth-order valence-electron chi connectivity index (χ4n) is 0.974. The zero-order chi connectivity index (χ0) is 8.97. The Morgan fingerprint density at radius 1 is 1.42 bits per heavy atom. The molecule has 0 saturated heterocycles. The minimum absolute atomic E-state index is 0.482. The van der Waals surface area contributed by atoms with Crippen LogP contribution in [0.1, 0.15) is 5.56 Å². The van der Waals surface area contributed by atoms with Gasteiger partial charge in [0, 0.05) is 15.2 Å². The van der Waals surface area contributed by atoms with Crippen molar-refractivity contribution >= 4 is 43.5 Å². The number of hydrogen-bond donors (Lipinski definition) is 0. The van der Waals surface area contributed by atoms with Crippen molar-refractivity contribution in [2.75, 3.05) is 5.33 Å². The van der Waals surface area contributed by atoms with E-state index < -0.39 is 0 Å². The highest BCUT2D eigenvalue weighted by molar-refractivity contribution is 9.12. The van der Waals surface area contributed by atoms with Crippen molar-refractivity contribution in [3.05, 3.63) is 34.9 Å². The van der Waals surface area contributed by atoms with E-state index in [2.05, 4.69) is 37.9 Å². The first-order chi connectivity index (χ1) is 5.72. The molecule has 0 radical (unpaired) electrons. The van der Waals surface area contributed by atoms with Crippen LogP contribution >= 0.6 is 43.5 Å². The fourth-order valence-corrected chi connectivity index (χ4v) is 1.79. The number of hydrogen-bond acceptors (Lipinski definition) is 0. The molecule has 0 spiro atoms. The average Bonchev–Trinajstić information content (AvgIpc) is 2.04. The van der Waals surface area contributed by atoms with Gasteiger partial charge in [-0.1, -0.05) is 55.6 Å². The van der Waals surface area contributed by atoms with Crippen molar-refractivity contribution in [2.24, 2.45) is 0 Å². The lowest BCUT2D eigenvalue weighted by molar-refractivity contribution is 0.977. The topological polar surface area (TPSA) is 0 Å². The Hall–Kier alpha value is 0.470. The van der Waals surface area contributed by atoms with E-state index in [1.807, 2.05) is 18.2 Å². The molecule has 3 heteroatoms. The lowest BCUT2D eigenvalue weighted by Crippen LogP contribution is -2.03. The zero-order valence-corrected chi connectivity index (χ0v) is 10.4. The molecule has 0 nitrogen and oxygen atoms in total. The Morgan fingerprint density at radius 2 is 2.17 bits per heavy atom. The molecule has 0 aromatic heterocycles. The van der Waals surface area contributed by atoms with Gasteiger partial charge < -0.3 is 0 Å². The second kappa shape index (κ2) is 5.25. The van der Waals surface area contributed by atoms with Crippen LogP contribution in [0.15, 0.2) is 24.3 Å². The van der Waals surface area contributed by atoms with Crippen molar-refractivity contribution in [3.63, 3.8) is 0 Å². The number of halogens is 3. The van der Waals surface area contributed by atoms with Crippen molar-refractivity contribution < 1.29 is 0 Å². The van der Waals surface area contributed by atoms with Crippen LogP contribution in [0.2, 0.25) is 5.02 Å². The summed E-state index contributed by atoms with van der Waals surface area (Å²) in [5.41, 5.74) is 1.27. The second-order valence-corrected chi connectivity index (χ2v) is 4.96. The van der Waals surface area contributed by atoms with Gasteiger partial charge in [-0.3, -0.25) is 0 Å². The summed E-state index contributed by atoms with van der Waals surface area (Å²) in [5.74, 6) is 0. The van der Waals surface area contributed by atoms with Gasteiger partial charge in [0.2, 0.25) is 0 Å². The quantitative estimate of drug-likeness (QED) is 0.739. The second-order valence-electron chi connectivity index (χ2n) is 2.59. The third-order valence-electron chi connectivity index (χ3n) is 1.51. The molecule has 0 aliphatic carbocycles. The maximum Gasteiger partial charge on any atom is 0.0408 e. The predicted molar refractivity (Wildman–Crippen MR) is 61.7 cm³/mol. The van der Waals surface area contributed by atoms with E-state index in [1.165, 1.54) is 5.56 Å². The van der Waals surface area contributed by atoms with Crippen LogP contribution in [0.3, 0.4) is 0 Å². The van der Waals surface area contributed by atoms with Gasteiger partial charge in [-0.2, -0.15) is 0 Å². The SMILES string of the molecule is Clc1cccc(CC(Br)CBr)c1. The monoisotopic (exact) mass is 310 g/mol. The molecule has 66 valence electrons. The smallest absolute Gasteiger partial charge is 0.0408 e. The first kappa shape index (κ1) is 10.6. The molecule has 0 aliphatic heterocycles. The standard InChI is InChI=1S/C9H9Br2Cl/c10-6-8(11)4-7-2-1-3-9(12)5-7/h1-3,5,8H,4,6H2. The Balaban J connectivity index is 2.63. The molecule has 0 fully saturated rings. The van der Waals surface area contributed by atoms with E-state index in [9.17, 15) is 0 Å². The summed E-state index contributed by atoms with van der Waals surface area (Å²) in [6.45, 7) is 0. The van der Waals surface area contributed by atoms with Gasteiger partial charge >= 0.3 is 0 Å². The van der Waals surface area contributed by atoms with E-state index >= 15 is 0 Å². The van der Waals surface area contributed by atoms with Gasteiger partial charge in [-0.15, -0.1) is 0 Å². The minimum atomic E-state index is 0.482. The molecule has 0 heterocycles. The zero-order valence-electron chi connectivity index (χ0n) is 6.43. The number of benzene rings is 1. The van der Waals surface area contributed by atoms with Crippen LogP contribution in [0, 0.1) is 0 Å². The van der Waals surface area contributed by atoms with Crippen LogP contribution < -0.4 is 0 Å². The van der Waals surface area contributed by atoms with E-state index in [0.29, 0.717) is 4.83 Å². The maximum absolute atomic E-state index is 5.84. The van der Waals surface area contributed by atoms with Gasteiger partial charge in [-0.25, -0.2) is 0 Å². The molecule has 0 aliphatic rings. The molecule has 1 atom stereocenters. The van der Waals surface area contributed by atoms with E-state index in [4.69, 9.17) is 11.6 Å². The molecule has 1 aromatic rings. The Labute approximate surface area is 94.6 Å². The summed E-state index contributed by atoms with van der Waals surface area (Å²) in [4.78, 5) is 0.482. The lowest BCUT2D eigenvalue weighted by atomic mass is 10.1. The molecule has 0 saturated carbocycles. The van der Waals surface area contributed by atoms with Crippen LogP contribution in [-0.4, -0.2) is 10.2 Å². The van der Waals surface area contributed by atoms with E-state index in [0.717, 1.165) is 16.8 Å². The van der Waals surface area contributed by atoms with Gasteiger partial charge in [0.15, 0.2) is 0 Å².